The molecule has 0 aromatic heterocycles. The van der Waals surface area contributed by atoms with Crippen molar-refractivity contribution in [2.75, 3.05) is 33.4 Å². The number of carbonyl (C=O) groups is 1. The zero-order valence-electron chi connectivity index (χ0n) is 15.4. The normalized spacial score (nSPS) is 18.4. The summed E-state index contributed by atoms with van der Waals surface area (Å²) >= 11 is 0. The van der Waals surface area contributed by atoms with Gasteiger partial charge in [0, 0.05) is 24.7 Å². The van der Waals surface area contributed by atoms with Gasteiger partial charge in [-0.05, 0) is 36.8 Å². The van der Waals surface area contributed by atoms with Crippen LogP contribution in [0.4, 0.5) is 0 Å². The fourth-order valence-electron chi connectivity index (χ4n) is 3.18. The highest BCUT2D eigenvalue weighted by Crippen LogP contribution is 2.19. The van der Waals surface area contributed by atoms with Crippen LogP contribution in [0, 0.1) is 0 Å². The van der Waals surface area contributed by atoms with Crippen molar-refractivity contribution in [1.29, 1.82) is 0 Å². The second-order valence-corrected chi connectivity index (χ2v) is 6.50. The summed E-state index contributed by atoms with van der Waals surface area (Å²) in [6, 6.07) is 17.6. The molecule has 1 aliphatic rings. The van der Waals surface area contributed by atoms with Gasteiger partial charge in [-0.25, -0.2) is 0 Å². The lowest BCUT2D eigenvalue weighted by molar-refractivity contribution is -0.00205. The van der Waals surface area contributed by atoms with Crippen molar-refractivity contribution in [2.45, 2.75) is 19.0 Å². The van der Waals surface area contributed by atoms with Gasteiger partial charge in [0.15, 0.2) is 0 Å². The van der Waals surface area contributed by atoms with Crippen LogP contribution in [0.25, 0.3) is 0 Å². The number of morpholine rings is 1. The van der Waals surface area contributed by atoms with Crippen LogP contribution < -0.4 is 10.1 Å². The maximum Gasteiger partial charge on any atom is 0.254 e. The highest BCUT2D eigenvalue weighted by Gasteiger charge is 2.28. The fourth-order valence-corrected chi connectivity index (χ4v) is 3.18. The molecule has 26 heavy (non-hydrogen) atoms. The van der Waals surface area contributed by atoms with Gasteiger partial charge in [0.2, 0.25) is 0 Å². The van der Waals surface area contributed by atoms with Crippen LogP contribution in [0.1, 0.15) is 28.9 Å². The molecule has 1 heterocycles. The monoisotopic (exact) mass is 354 g/mol. The molecule has 1 fully saturated rings. The van der Waals surface area contributed by atoms with E-state index >= 15 is 0 Å². The molecule has 2 aromatic carbocycles. The molecule has 0 bridgehead atoms. The van der Waals surface area contributed by atoms with Crippen LogP contribution in [-0.2, 0) is 4.74 Å². The maximum atomic E-state index is 12.8. The Morgan fingerprint density at radius 2 is 2.08 bits per heavy atom. The Balaban J connectivity index is 1.64. The molecule has 1 amide bonds. The third-order valence-corrected chi connectivity index (χ3v) is 4.76. The van der Waals surface area contributed by atoms with Gasteiger partial charge in [-0.1, -0.05) is 30.3 Å². The highest BCUT2D eigenvalue weighted by atomic mass is 16.5. The first kappa shape index (κ1) is 18.4. The van der Waals surface area contributed by atoms with Crippen molar-refractivity contribution in [3.05, 3.63) is 65.7 Å². The lowest BCUT2D eigenvalue weighted by Crippen LogP contribution is -2.53. The van der Waals surface area contributed by atoms with Gasteiger partial charge < -0.3 is 19.7 Å². The fraction of sp³-hybridized carbons (Fsp3) is 0.381. The lowest BCUT2D eigenvalue weighted by Gasteiger charge is -2.36. The predicted molar refractivity (Wildman–Crippen MR) is 101 cm³/mol. The van der Waals surface area contributed by atoms with Gasteiger partial charge >= 0.3 is 0 Å². The Kier molecular flexibility index (Phi) is 6.26. The Morgan fingerprint density at radius 3 is 2.85 bits per heavy atom. The molecule has 0 spiro atoms. The summed E-state index contributed by atoms with van der Waals surface area (Å²) in [7, 11) is 1.67. The second-order valence-electron chi connectivity index (χ2n) is 6.50. The van der Waals surface area contributed by atoms with Crippen LogP contribution in [0.3, 0.4) is 0 Å². The topological polar surface area (TPSA) is 50.8 Å². The van der Waals surface area contributed by atoms with Crippen LogP contribution in [0.2, 0.25) is 0 Å². The molecule has 1 saturated heterocycles. The number of nitrogens with zero attached hydrogens (tertiary/aromatic N) is 1. The Morgan fingerprint density at radius 1 is 1.27 bits per heavy atom. The van der Waals surface area contributed by atoms with Gasteiger partial charge in [0.1, 0.15) is 5.75 Å². The maximum absolute atomic E-state index is 12.8. The predicted octanol–water partition coefficient (Wildman–Crippen LogP) is 2.89. The van der Waals surface area contributed by atoms with E-state index in [2.05, 4.69) is 18.3 Å². The Hall–Kier alpha value is -2.37. The summed E-state index contributed by atoms with van der Waals surface area (Å²) in [5.74, 6) is 0.910. The Bertz CT molecular complexity index is 720. The first-order valence-electron chi connectivity index (χ1n) is 9.00. The van der Waals surface area contributed by atoms with Crippen molar-refractivity contribution in [2.24, 2.45) is 0 Å². The lowest BCUT2D eigenvalue weighted by atomic mass is 10.1. The van der Waals surface area contributed by atoms with E-state index in [9.17, 15) is 4.79 Å². The van der Waals surface area contributed by atoms with E-state index in [-0.39, 0.29) is 18.0 Å². The molecule has 1 unspecified atom stereocenters. The number of carbonyl (C=O) groups excluding carboxylic acids is 1. The molecule has 5 nitrogen and oxygen atoms in total. The molecule has 5 heteroatoms. The number of hydrogen-bond acceptors (Lipinski definition) is 4. The average Bonchev–Trinajstić information content (AvgIpc) is 2.72. The molecule has 0 radical (unpaired) electrons. The summed E-state index contributed by atoms with van der Waals surface area (Å²) < 4.78 is 10.9. The van der Waals surface area contributed by atoms with Gasteiger partial charge in [-0.15, -0.1) is 0 Å². The highest BCUT2D eigenvalue weighted by molar-refractivity contribution is 5.94. The largest absolute Gasteiger partial charge is 0.497 e. The van der Waals surface area contributed by atoms with E-state index in [0.29, 0.717) is 26.3 Å². The zero-order chi connectivity index (χ0) is 18.4. The summed E-state index contributed by atoms with van der Waals surface area (Å²) in [4.78, 5) is 14.8. The number of methoxy groups -OCH3 is 1. The van der Waals surface area contributed by atoms with E-state index in [1.807, 2.05) is 53.4 Å². The minimum atomic E-state index is 0.0181. The zero-order valence-corrected chi connectivity index (χ0v) is 15.4. The Labute approximate surface area is 154 Å². The van der Waals surface area contributed by atoms with Crippen LogP contribution >= 0.6 is 0 Å². The van der Waals surface area contributed by atoms with Crippen LogP contribution in [-0.4, -0.2) is 50.3 Å². The number of amides is 1. The van der Waals surface area contributed by atoms with Gasteiger partial charge in [-0.2, -0.15) is 0 Å². The van der Waals surface area contributed by atoms with E-state index in [1.54, 1.807) is 7.11 Å². The summed E-state index contributed by atoms with van der Waals surface area (Å²) in [6.45, 7) is 4.54. The molecule has 2 aromatic rings. The van der Waals surface area contributed by atoms with Crippen molar-refractivity contribution < 1.29 is 14.3 Å². The van der Waals surface area contributed by atoms with Gasteiger partial charge in [0.25, 0.3) is 5.91 Å². The van der Waals surface area contributed by atoms with E-state index in [1.165, 1.54) is 0 Å². The van der Waals surface area contributed by atoms with Crippen molar-refractivity contribution in [3.8, 4) is 5.75 Å². The third-order valence-electron chi connectivity index (χ3n) is 4.76. The molecule has 1 N–H and O–H groups in total. The molecule has 138 valence electrons. The van der Waals surface area contributed by atoms with Crippen LogP contribution in [0.15, 0.2) is 54.6 Å². The summed E-state index contributed by atoms with van der Waals surface area (Å²) in [6.07, 6.45) is 0. The van der Waals surface area contributed by atoms with Gasteiger partial charge in [0.05, 0.1) is 26.4 Å². The van der Waals surface area contributed by atoms with Crippen LogP contribution in [0.5, 0.6) is 5.75 Å². The minimum absolute atomic E-state index is 0.0181. The molecular formula is C21H26N2O3. The minimum Gasteiger partial charge on any atom is -0.497 e. The first-order chi connectivity index (χ1) is 12.7. The van der Waals surface area contributed by atoms with E-state index in [4.69, 9.17) is 9.47 Å². The standard InChI is InChI=1S/C21H26N2O3/c1-16(18-9-6-10-20(13-18)25-2)22-14-19-15-26-12-11-23(19)21(24)17-7-4-3-5-8-17/h3-10,13,16,19,22H,11-12,14-15H2,1-2H3/t16-,19?/m1/s1. The first-order valence-corrected chi connectivity index (χ1v) is 9.00. The van der Waals surface area contributed by atoms with E-state index in [0.717, 1.165) is 16.9 Å². The van der Waals surface area contributed by atoms with E-state index < -0.39 is 0 Å². The number of nitrogens with one attached hydrogen (secondary N) is 1. The second kappa shape index (κ2) is 8.83. The summed E-state index contributed by atoms with van der Waals surface area (Å²) in [5.41, 5.74) is 1.88. The van der Waals surface area contributed by atoms with Crippen molar-refractivity contribution in [1.82, 2.24) is 10.2 Å². The smallest absolute Gasteiger partial charge is 0.254 e. The summed E-state index contributed by atoms with van der Waals surface area (Å²) in [5, 5.41) is 3.53. The van der Waals surface area contributed by atoms with Crippen molar-refractivity contribution >= 4 is 5.91 Å². The number of hydrogen-bond donors (Lipinski definition) is 1. The molecule has 3 rings (SSSR count). The number of benzene rings is 2. The SMILES string of the molecule is COc1cccc([C@@H](C)NCC2COCCN2C(=O)c2ccccc2)c1. The van der Waals surface area contributed by atoms with Gasteiger partial charge in [-0.3, -0.25) is 4.79 Å². The third kappa shape index (κ3) is 4.42. The molecular weight excluding hydrogens is 328 g/mol. The molecule has 0 saturated carbocycles. The molecule has 1 aliphatic heterocycles. The average molecular weight is 354 g/mol. The number of rotatable bonds is 6. The quantitative estimate of drug-likeness (QED) is 0.867. The molecule has 2 atom stereocenters. The number of ether oxygens (including phenoxy) is 2. The van der Waals surface area contributed by atoms with Crippen molar-refractivity contribution in [3.63, 3.8) is 0 Å². The molecule has 0 aliphatic carbocycles.